The van der Waals surface area contributed by atoms with Crippen molar-refractivity contribution < 1.29 is 19.0 Å². The van der Waals surface area contributed by atoms with Gasteiger partial charge in [0.1, 0.15) is 22.9 Å². The fraction of sp³-hybridized carbons (Fsp3) is 0.154. The van der Waals surface area contributed by atoms with E-state index in [0.29, 0.717) is 22.9 Å². The quantitative estimate of drug-likeness (QED) is 0.463. The zero-order valence-electron chi connectivity index (χ0n) is 18.5. The van der Waals surface area contributed by atoms with Gasteiger partial charge >= 0.3 is 0 Å². The number of amides is 1. The second-order valence-corrected chi connectivity index (χ2v) is 7.61. The molecule has 1 atom stereocenters. The van der Waals surface area contributed by atoms with Gasteiger partial charge in [-0.3, -0.25) is 14.8 Å². The Morgan fingerprint density at radius 1 is 0.848 bits per heavy atom. The van der Waals surface area contributed by atoms with Crippen molar-refractivity contribution in [2.75, 3.05) is 26.2 Å². The highest BCUT2D eigenvalue weighted by molar-refractivity contribution is 6.11. The summed E-state index contributed by atoms with van der Waals surface area (Å²) in [4.78, 5) is 15.4. The predicted octanol–water partition coefficient (Wildman–Crippen LogP) is 4.85. The van der Waals surface area contributed by atoms with Gasteiger partial charge in [0.05, 0.1) is 33.1 Å². The van der Waals surface area contributed by atoms with Gasteiger partial charge in [-0.15, -0.1) is 0 Å². The van der Waals surface area contributed by atoms with Gasteiger partial charge in [0.25, 0.3) is 5.91 Å². The molecule has 1 aliphatic heterocycles. The Hall–Kier alpha value is -4.26. The van der Waals surface area contributed by atoms with E-state index in [9.17, 15) is 4.79 Å². The molecule has 0 saturated carbocycles. The van der Waals surface area contributed by atoms with Crippen LogP contribution in [-0.4, -0.2) is 37.4 Å². The highest BCUT2D eigenvalue weighted by atomic mass is 16.5. The van der Waals surface area contributed by atoms with Crippen LogP contribution in [0.15, 0.2) is 72.8 Å². The number of anilines is 1. The van der Waals surface area contributed by atoms with Gasteiger partial charge in [-0.2, -0.15) is 5.10 Å². The number of nitrogens with zero attached hydrogens (tertiary/aromatic N) is 2. The number of rotatable bonds is 6. The van der Waals surface area contributed by atoms with E-state index in [2.05, 4.69) is 10.2 Å². The zero-order chi connectivity index (χ0) is 22.9. The first kappa shape index (κ1) is 20.6. The Balaban J connectivity index is 1.73. The number of para-hydroxylation sites is 1. The fourth-order valence-corrected chi connectivity index (χ4v) is 4.31. The van der Waals surface area contributed by atoms with E-state index < -0.39 is 6.04 Å². The van der Waals surface area contributed by atoms with Crippen molar-refractivity contribution >= 4 is 11.6 Å². The van der Waals surface area contributed by atoms with E-state index in [1.54, 1.807) is 26.2 Å². The maximum Gasteiger partial charge on any atom is 0.277 e. The number of carbonyl (C=O) groups excluding carboxylic acids is 1. The normalized spacial score (nSPS) is 14.8. The number of hydrogen-bond acceptors (Lipinski definition) is 5. The molecule has 3 aromatic carbocycles. The van der Waals surface area contributed by atoms with Gasteiger partial charge < -0.3 is 14.2 Å². The van der Waals surface area contributed by atoms with E-state index in [1.807, 2.05) is 72.8 Å². The van der Waals surface area contributed by atoms with Crippen LogP contribution in [0.1, 0.15) is 27.7 Å². The van der Waals surface area contributed by atoms with Crippen LogP contribution in [0.5, 0.6) is 17.2 Å². The molecule has 1 aromatic heterocycles. The van der Waals surface area contributed by atoms with Crippen LogP contribution in [0.2, 0.25) is 0 Å². The lowest BCUT2D eigenvalue weighted by molar-refractivity contribution is 0.0988. The van der Waals surface area contributed by atoms with Gasteiger partial charge in [0.2, 0.25) is 0 Å². The number of methoxy groups -OCH3 is 3. The summed E-state index contributed by atoms with van der Waals surface area (Å²) in [5, 5.41) is 7.51. The van der Waals surface area contributed by atoms with Gasteiger partial charge in [0, 0.05) is 28.4 Å². The number of fused-ring (bicyclic) bond motifs is 1. The molecule has 1 aliphatic rings. The Kier molecular flexibility index (Phi) is 5.22. The molecule has 0 radical (unpaired) electrons. The SMILES string of the molecule is COc1ccc(-c2n[nH]c3c2[C@@H](c2ccc(OC)cc2OC)N(c2ccccc2)C3=O)cc1. The Morgan fingerprint density at radius 2 is 1.55 bits per heavy atom. The molecular formula is C26H23N3O4. The summed E-state index contributed by atoms with van der Waals surface area (Å²) in [6.45, 7) is 0. The molecule has 4 aromatic rings. The Labute approximate surface area is 191 Å². The van der Waals surface area contributed by atoms with Crippen molar-refractivity contribution in [3.63, 3.8) is 0 Å². The molecule has 7 nitrogen and oxygen atoms in total. The summed E-state index contributed by atoms with van der Waals surface area (Å²) in [5.41, 5.74) is 4.49. The molecule has 1 N–H and O–H groups in total. The summed E-state index contributed by atoms with van der Waals surface area (Å²) < 4.78 is 16.4. The number of H-pyrrole nitrogens is 1. The molecule has 7 heteroatoms. The largest absolute Gasteiger partial charge is 0.497 e. The van der Waals surface area contributed by atoms with Crippen LogP contribution >= 0.6 is 0 Å². The molecule has 2 heterocycles. The first-order valence-corrected chi connectivity index (χ1v) is 10.5. The van der Waals surface area contributed by atoms with Crippen molar-refractivity contribution in [1.82, 2.24) is 10.2 Å². The molecular weight excluding hydrogens is 418 g/mol. The smallest absolute Gasteiger partial charge is 0.277 e. The van der Waals surface area contributed by atoms with E-state index in [4.69, 9.17) is 14.2 Å². The number of ether oxygens (including phenoxy) is 3. The van der Waals surface area contributed by atoms with Crippen molar-refractivity contribution in [1.29, 1.82) is 0 Å². The predicted molar refractivity (Wildman–Crippen MR) is 125 cm³/mol. The second-order valence-electron chi connectivity index (χ2n) is 7.61. The van der Waals surface area contributed by atoms with E-state index in [0.717, 1.165) is 28.1 Å². The number of benzene rings is 3. The Morgan fingerprint density at radius 3 is 2.21 bits per heavy atom. The number of carbonyl (C=O) groups is 1. The maximum absolute atomic E-state index is 13.6. The summed E-state index contributed by atoms with van der Waals surface area (Å²) in [7, 11) is 4.85. The standard InChI is InChI=1S/C26H23N3O4/c1-31-18-11-9-16(10-12-18)23-22-24(28-27-23)26(30)29(17-7-5-4-6-8-17)25(22)20-14-13-19(32-2)15-21(20)33-3/h4-15,25H,1-3H3,(H,27,28)/t25-/m1/s1. The number of aromatic amines is 1. The van der Waals surface area contributed by atoms with Crippen LogP contribution < -0.4 is 19.1 Å². The first-order chi connectivity index (χ1) is 16.2. The number of hydrogen-bond donors (Lipinski definition) is 1. The first-order valence-electron chi connectivity index (χ1n) is 10.5. The maximum atomic E-state index is 13.6. The lowest BCUT2D eigenvalue weighted by atomic mass is 9.95. The van der Waals surface area contributed by atoms with E-state index in [1.165, 1.54) is 0 Å². The topological polar surface area (TPSA) is 76.7 Å². The molecule has 0 aliphatic carbocycles. The van der Waals surface area contributed by atoms with E-state index in [-0.39, 0.29) is 5.91 Å². The Bertz CT molecular complexity index is 1300. The molecule has 0 fully saturated rings. The van der Waals surface area contributed by atoms with Crippen molar-refractivity contribution in [3.05, 3.63) is 89.6 Å². The summed E-state index contributed by atoms with van der Waals surface area (Å²) in [5.74, 6) is 1.91. The van der Waals surface area contributed by atoms with Crippen molar-refractivity contribution in [2.24, 2.45) is 0 Å². The second kappa shape index (κ2) is 8.35. The van der Waals surface area contributed by atoms with Gasteiger partial charge in [-0.1, -0.05) is 18.2 Å². The van der Waals surface area contributed by atoms with Crippen LogP contribution in [0, 0.1) is 0 Å². The van der Waals surface area contributed by atoms with Crippen molar-refractivity contribution in [3.8, 4) is 28.5 Å². The lowest BCUT2D eigenvalue weighted by Gasteiger charge is -2.27. The molecule has 5 rings (SSSR count). The van der Waals surface area contributed by atoms with Crippen LogP contribution in [0.3, 0.4) is 0 Å². The third-order valence-corrected chi connectivity index (χ3v) is 5.90. The highest BCUT2D eigenvalue weighted by Gasteiger charge is 2.44. The van der Waals surface area contributed by atoms with Crippen LogP contribution in [0.4, 0.5) is 5.69 Å². The minimum Gasteiger partial charge on any atom is -0.497 e. The lowest BCUT2D eigenvalue weighted by Crippen LogP contribution is -2.29. The average molecular weight is 441 g/mol. The summed E-state index contributed by atoms with van der Waals surface area (Å²) >= 11 is 0. The van der Waals surface area contributed by atoms with E-state index >= 15 is 0 Å². The molecule has 0 saturated heterocycles. The van der Waals surface area contributed by atoms with Crippen LogP contribution in [0.25, 0.3) is 11.3 Å². The van der Waals surface area contributed by atoms with Crippen LogP contribution in [-0.2, 0) is 0 Å². The minimum atomic E-state index is -0.438. The molecule has 166 valence electrons. The molecule has 0 unspecified atom stereocenters. The zero-order valence-corrected chi connectivity index (χ0v) is 18.5. The van der Waals surface area contributed by atoms with Crippen molar-refractivity contribution in [2.45, 2.75) is 6.04 Å². The highest BCUT2D eigenvalue weighted by Crippen LogP contribution is 2.47. The number of nitrogens with one attached hydrogen (secondary N) is 1. The number of aromatic nitrogens is 2. The summed E-state index contributed by atoms with van der Waals surface area (Å²) in [6.07, 6.45) is 0. The van der Waals surface area contributed by atoms with Gasteiger partial charge in [-0.25, -0.2) is 0 Å². The average Bonchev–Trinajstić information content (AvgIpc) is 3.43. The monoisotopic (exact) mass is 441 g/mol. The van der Waals surface area contributed by atoms with Gasteiger partial charge in [0.15, 0.2) is 0 Å². The third kappa shape index (κ3) is 3.38. The fourth-order valence-electron chi connectivity index (χ4n) is 4.31. The summed E-state index contributed by atoms with van der Waals surface area (Å²) in [6, 6.07) is 22.4. The minimum absolute atomic E-state index is 0.147. The molecule has 0 spiro atoms. The molecule has 33 heavy (non-hydrogen) atoms. The third-order valence-electron chi connectivity index (χ3n) is 5.90. The van der Waals surface area contributed by atoms with Gasteiger partial charge in [-0.05, 0) is 48.5 Å². The molecule has 0 bridgehead atoms. The molecule has 1 amide bonds.